The third kappa shape index (κ3) is 3.71. The number of nitrogens with zero attached hydrogens (tertiary/aromatic N) is 4. The molecule has 0 amide bonds. The van der Waals surface area contributed by atoms with E-state index in [0.717, 1.165) is 23.7 Å². The van der Waals surface area contributed by atoms with E-state index in [1.54, 1.807) is 7.11 Å². The van der Waals surface area contributed by atoms with Crippen molar-refractivity contribution in [1.29, 1.82) is 0 Å². The monoisotopic (exact) mass is 368 g/mol. The van der Waals surface area contributed by atoms with E-state index in [2.05, 4.69) is 43.1 Å². The van der Waals surface area contributed by atoms with Crippen LogP contribution in [0.3, 0.4) is 0 Å². The van der Waals surface area contributed by atoms with Gasteiger partial charge in [0.1, 0.15) is 5.75 Å². The second-order valence-electron chi connectivity index (χ2n) is 6.45. The molecule has 0 spiro atoms. The average Bonchev–Trinajstić information content (AvgIpc) is 2.92. The highest BCUT2D eigenvalue weighted by Crippen LogP contribution is 2.28. The number of hydrogen-bond acceptors (Lipinski definition) is 4. The Balaban J connectivity index is 1.86. The van der Waals surface area contributed by atoms with Crippen molar-refractivity contribution in [3.05, 3.63) is 64.4 Å². The van der Waals surface area contributed by atoms with Crippen molar-refractivity contribution in [2.75, 3.05) is 14.2 Å². The summed E-state index contributed by atoms with van der Waals surface area (Å²) in [7, 11) is 5.68. The molecular formula is C20H24N4OS. The van der Waals surface area contributed by atoms with E-state index in [0.29, 0.717) is 11.4 Å². The summed E-state index contributed by atoms with van der Waals surface area (Å²) < 4.78 is 9.93. The van der Waals surface area contributed by atoms with E-state index in [1.165, 1.54) is 11.1 Å². The molecule has 0 atom stereocenters. The van der Waals surface area contributed by atoms with Crippen LogP contribution in [0.25, 0.3) is 11.4 Å². The fraction of sp³-hybridized carbons (Fsp3) is 0.300. The second kappa shape index (κ2) is 7.85. The van der Waals surface area contributed by atoms with Gasteiger partial charge in [-0.1, -0.05) is 36.4 Å². The Labute approximate surface area is 159 Å². The lowest BCUT2D eigenvalue weighted by molar-refractivity contribution is 0.243. The first-order chi connectivity index (χ1) is 12.5. The molecule has 0 radical (unpaired) electrons. The lowest BCUT2D eigenvalue weighted by Gasteiger charge is -2.17. The number of aryl methyl sites for hydroxylation is 1. The zero-order valence-electron chi connectivity index (χ0n) is 15.6. The molecule has 0 aliphatic heterocycles. The maximum absolute atomic E-state index is 5.60. The van der Waals surface area contributed by atoms with Crippen molar-refractivity contribution < 1.29 is 4.74 Å². The summed E-state index contributed by atoms with van der Waals surface area (Å²) in [5, 5.41) is 4.75. The lowest BCUT2D eigenvalue weighted by atomic mass is 10.1. The largest absolute Gasteiger partial charge is 0.496 e. The zero-order chi connectivity index (χ0) is 18.7. The molecule has 3 aromatic rings. The minimum atomic E-state index is 0.621. The molecule has 6 heteroatoms. The first-order valence-corrected chi connectivity index (χ1v) is 8.92. The maximum Gasteiger partial charge on any atom is 0.199 e. The molecule has 5 nitrogen and oxygen atoms in total. The topological polar surface area (TPSA) is 35.2 Å². The Morgan fingerprint density at radius 3 is 2.54 bits per heavy atom. The smallest absolute Gasteiger partial charge is 0.199 e. The van der Waals surface area contributed by atoms with Gasteiger partial charge in [-0.2, -0.15) is 5.10 Å². The molecule has 0 N–H and O–H groups in total. The second-order valence-corrected chi connectivity index (χ2v) is 6.81. The van der Waals surface area contributed by atoms with Crippen LogP contribution in [0.4, 0.5) is 0 Å². The van der Waals surface area contributed by atoms with E-state index < -0.39 is 0 Å². The lowest BCUT2D eigenvalue weighted by Crippen LogP contribution is -2.23. The van der Waals surface area contributed by atoms with Gasteiger partial charge in [-0.3, -0.25) is 4.90 Å². The molecule has 3 rings (SSSR count). The highest BCUT2D eigenvalue weighted by atomic mass is 32.1. The molecule has 0 fully saturated rings. The summed E-state index contributed by atoms with van der Waals surface area (Å²) in [4.78, 5) is 2.21. The number of methoxy groups -OCH3 is 1. The molecule has 136 valence electrons. The number of hydrogen-bond donors (Lipinski definition) is 0. The van der Waals surface area contributed by atoms with Crippen LogP contribution in [0, 0.1) is 11.7 Å². The number of benzene rings is 2. The quantitative estimate of drug-likeness (QED) is 0.616. The zero-order valence-corrected chi connectivity index (χ0v) is 16.5. The summed E-state index contributed by atoms with van der Waals surface area (Å²) in [6.45, 7) is 3.60. The van der Waals surface area contributed by atoms with E-state index in [9.17, 15) is 0 Å². The van der Waals surface area contributed by atoms with Crippen LogP contribution in [0.5, 0.6) is 5.75 Å². The van der Waals surface area contributed by atoms with Crippen LogP contribution in [0.2, 0.25) is 0 Å². The Bertz CT molecular complexity index is 960. The van der Waals surface area contributed by atoms with Gasteiger partial charge in [0.15, 0.2) is 10.6 Å². The van der Waals surface area contributed by atoms with Crippen molar-refractivity contribution in [2.24, 2.45) is 7.05 Å². The van der Waals surface area contributed by atoms with Crippen LogP contribution < -0.4 is 4.74 Å². The fourth-order valence-corrected chi connectivity index (χ4v) is 3.19. The summed E-state index contributed by atoms with van der Waals surface area (Å²) in [6.07, 6.45) is 0. The Morgan fingerprint density at radius 2 is 1.81 bits per heavy atom. The van der Waals surface area contributed by atoms with Crippen LogP contribution in [-0.2, 0) is 20.3 Å². The van der Waals surface area contributed by atoms with Gasteiger partial charge in [-0.05, 0) is 49.4 Å². The van der Waals surface area contributed by atoms with Gasteiger partial charge in [0, 0.05) is 13.6 Å². The van der Waals surface area contributed by atoms with Gasteiger partial charge in [-0.25, -0.2) is 4.68 Å². The number of para-hydroxylation sites is 1. The molecule has 0 unspecified atom stereocenters. The third-order valence-electron chi connectivity index (χ3n) is 4.47. The summed E-state index contributed by atoms with van der Waals surface area (Å²) in [5.74, 6) is 1.59. The van der Waals surface area contributed by atoms with E-state index in [-0.39, 0.29) is 0 Å². The highest BCUT2D eigenvalue weighted by Gasteiger charge is 2.15. The van der Waals surface area contributed by atoms with Crippen LogP contribution in [0.15, 0.2) is 48.5 Å². The van der Waals surface area contributed by atoms with Gasteiger partial charge in [0.25, 0.3) is 0 Å². The standard InChI is InChI=1S/C20H24N4OS/c1-15-9-5-6-10-16(15)13-22(2)14-24-20(26)23(3)19(21-24)17-11-7-8-12-18(17)25-4/h5-12H,13-14H2,1-4H3. The molecular weight excluding hydrogens is 344 g/mol. The van der Waals surface area contributed by atoms with Crippen LogP contribution >= 0.6 is 12.2 Å². The number of rotatable bonds is 6. The predicted molar refractivity (Wildman–Crippen MR) is 107 cm³/mol. The Kier molecular flexibility index (Phi) is 5.54. The third-order valence-corrected chi connectivity index (χ3v) is 4.95. The predicted octanol–water partition coefficient (Wildman–Crippen LogP) is 4.02. The molecule has 0 aliphatic rings. The van der Waals surface area contributed by atoms with Gasteiger partial charge in [0.2, 0.25) is 0 Å². The van der Waals surface area contributed by atoms with Crippen molar-refractivity contribution in [1.82, 2.24) is 19.2 Å². The fourth-order valence-electron chi connectivity index (χ4n) is 3.00. The van der Waals surface area contributed by atoms with Crippen molar-refractivity contribution in [3.8, 4) is 17.1 Å². The van der Waals surface area contributed by atoms with Crippen molar-refractivity contribution in [2.45, 2.75) is 20.1 Å². The van der Waals surface area contributed by atoms with E-state index in [1.807, 2.05) is 40.6 Å². The number of aromatic nitrogens is 3. The molecule has 26 heavy (non-hydrogen) atoms. The van der Waals surface area contributed by atoms with Crippen LogP contribution in [-0.4, -0.2) is 33.4 Å². The SMILES string of the molecule is COc1ccccc1-c1nn(CN(C)Cc2ccccc2C)c(=S)n1C. The van der Waals surface area contributed by atoms with Crippen molar-refractivity contribution >= 4 is 12.2 Å². The Hall–Kier alpha value is -2.44. The van der Waals surface area contributed by atoms with Gasteiger partial charge >= 0.3 is 0 Å². The normalized spacial score (nSPS) is 11.1. The van der Waals surface area contributed by atoms with Gasteiger partial charge < -0.3 is 9.30 Å². The van der Waals surface area contributed by atoms with Crippen molar-refractivity contribution in [3.63, 3.8) is 0 Å². The first kappa shape index (κ1) is 18.4. The number of ether oxygens (including phenoxy) is 1. The summed E-state index contributed by atoms with van der Waals surface area (Å²) >= 11 is 5.60. The highest BCUT2D eigenvalue weighted by molar-refractivity contribution is 7.71. The van der Waals surface area contributed by atoms with E-state index in [4.69, 9.17) is 22.1 Å². The van der Waals surface area contributed by atoms with E-state index >= 15 is 0 Å². The molecule has 1 heterocycles. The minimum Gasteiger partial charge on any atom is -0.496 e. The minimum absolute atomic E-state index is 0.621. The molecule has 2 aromatic carbocycles. The molecule has 0 saturated heterocycles. The Morgan fingerprint density at radius 1 is 1.12 bits per heavy atom. The molecule has 1 aromatic heterocycles. The maximum atomic E-state index is 5.60. The molecule has 0 aliphatic carbocycles. The average molecular weight is 369 g/mol. The van der Waals surface area contributed by atoms with Gasteiger partial charge in [-0.15, -0.1) is 0 Å². The van der Waals surface area contributed by atoms with Gasteiger partial charge in [0.05, 0.1) is 19.3 Å². The summed E-state index contributed by atoms with van der Waals surface area (Å²) in [5.41, 5.74) is 3.53. The molecule has 0 saturated carbocycles. The summed E-state index contributed by atoms with van der Waals surface area (Å²) in [6, 6.07) is 16.3. The molecule has 0 bridgehead atoms. The first-order valence-electron chi connectivity index (χ1n) is 8.51. The van der Waals surface area contributed by atoms with Crippen LogP contribution in [0.1, 0.15) is 11.1 Å².